The van der Waals surface area contributed by atoms with E-state index in [0.29, 0.717) is 0 Å². The van der Waals surface area contributed by atoms with Gasteiger partial charge in [0.15, 0.2) is 11.6 Å². The lowest BCUT2D eigenvalue weighted by Crippen LogP contribution is -2.56. The van der Waals surface area contributed by atoms with Crippen LogP contribution < -0.4 is 0 Å². The Morgan fingerprint density at radius 3 is 2.46 bits per heavy atom. The Morgan fingerprint density at radius 1 is 1.00 bits per heavy atom. The number of fused-ring (bicyclic) bond motifs is 9. The predicted molar refractivity (Wildman–Crippen MR) is 87.3 cm³/mol. The standard InChI is InChI=1S/C20H22O4/c1-18(2)15-8-7-13(21)19(3,24-15)11-9-10-12-5-6-14(22)20(4,23-12)16(10)17(11)18/h5-8,10,12,15-16H,9H2,1-4H3/t10?,12-,15+,16?,19?,20+/m0/s1. The van der Waals surface area contributed by atoms with E-state index in [0.717, 1.165) is 12.0 Å². The second-order valence-electron chi connectivity index (χ2n) is 8.67. The van der Waals surface area contributed by atoms with Gasteiger partial charge in [0.25, 0.3) is 0 Å². The van der Waals surface area contributed by atoms with Gasteiger partial charge >= 0.3 is 0 Å². The number of rotatable bonds is 0. The molecule has 4 heterocycles. The Morgan fingerprint density at radius 2 is 1.71 bits per heavy atom. The number of ketones is 2. The lowest BCUT2D eigenvalue weighted by molar-refractivity contribution is -0.151. The number of carbonyl (C=O) groups is 2. The van der Waals surface area contributed by atoms with E-state index in [2.05, 4.69) is 13.8 Å². The smallest absolute Gasteiger partial charge is 0.191 e. The van der Waals surface area contributed by atoms with Gasteiger partial charge in [-0.15, -0.1) is 0 Å². The first-order chi connectivity index (χ1) is 11.2. The van der Waals surface area contributed by atoms with Gasteiger partial charge in [-0.3, -0.25) is 9.59 Å². The second kappa shape index (κ2) is 4.00. The topological polar surface area (TPSA) is 52.6 Å². The summed E-state index contributed by atoms with van der Waals surface area (Å²) in [6.07, 6.45) is 7.71. The molecule has 4 nitrogen and oxygen atoms in total. The largest absolute Gasteiger partial charge is 0.359 e. The summed E-state index contributed by atoms with van der Waals surface area (Å²) in [4.78, 5) is 25.3. The maximum absolute atomic E-state index is 12.6. The predicted octanol–water partition coefficient (Wildman–Crippen LogP) is 2.54. The molecule has 1 aliphatic carbocycles. The molecule has 1 saturated heterocycles. The van der Waals surface area contributed by atoms with Crippen molar-refractivity contribution in [2.75, 3.05) is 0 Å². The molecule has 0 aromatic carbocycles. The van der Waals surface area contributed by atoms with Crippen LogP contribution in [0.3, 0.4) is 0 Å². The molecule has 3 unspecified atom stereocenters. The number of ether oxygens (including phenoxy) is 2. The van der Waals surface area contributed by atoms with Crippen molar-refractivity contribution >= 4 is 11.6 Å². The van der Waals surface area contributed by atoms with E-state index < -0.39 is 11.2 Å². The van der Waals surface area contributed by atoms with Crippen LogP contribution in [-0.2, 0) is 19.1 Å². The second-order valence-corrected chi connectivity index (χ2v) is 8.67. The van der Waals surface area contributed by atoms with E-state index in [1.165, 1.54) is 5.57 Å². The maximum Gasteiger partial charge on any atom is 0.191 e. The van der Waals surface area contributed by atoms with Crippen LogP contribution in [0.2, 0.25) is 0 Å². The number of hydrogen-bond donors (Lipinski definition) is 0. The highest BCUT2D eigenvalue weighted by atomic mass is 16.5. The lowest BCUT2D eigenvalue weighted by atomic mass is 9.63. The monoisotopic (exact) mass is 326 g/mol. The minimum absolute atomic E-state index is 0.0137. The van der Waals surface area contributed by atoms with Gasteiger partial charge in [-0.25, -0.2) is 0 Å². The maximum atomic E-state index is 12.6. The SMILES string of the molecule is CC12O[C@H](C=CC1=O)C(C)(C)C1=C2CC2C1[C@]1(C)O[C@H]2C=CC1=O. The average Bonchev–Trinajstić information content (AvgIpc) is 3.03. The van der Waals surface area contributed by atoms with E-state index in [1.807, 2.05) is 26.0 Å². The normalized spacial score (nSPS) is 50.3. The fourth-order valence-electron chi connectivity index (χ4n) is 5.73. The zero-order valence-corrected chi connectivity index (χ0v) is 14.5. The van der Waals surface area contributed by atoms with Gasteiger partial charge < -0.3 is 9.47 Å². The van der Waals surface area contributed by atoms with E-state index >= 15 is 0 Å². The molecule has 24 heavy (non-hydrogen) atoms. The van der Waals surface area contributed by atoms with E-state index in [-0.39, 0.29) is 41.0 Å². The van der Waals surface area contributed by atoms with Crippen molar-refractivity contribution in [2.45, 2.75) is 57.5 Å². The highest BCUT2D eigenvalue weighted by molar-refractivity contribution is 6.02. The van der Waals surface area contributed by atoms with Crippen molar-refractivity contribution in [1.82, 2.24) is 0 Å². The summed E-state index contributed by atoms with van der Waals surface area (Å²) < 4.78 is 12.4. The summed E-state index contributed by atoms with van der Waals surface area (Å²) in [5.41, 5.74) is 0.371. The zero-order valence-electron chi connectivity index (χ0n) is 14.5. The van der Waals surface area contributed by atoms with Crippen LogP contribution in [0.1, 0.15) is 34.1 Å². The van der Waals surface area contributed by atoms with Crippen LogP contribution in [0.4, 0.5) is 0 Å². The highest BCUT2D eigenvalue weighted by Crippen LogP contribution is 2.64. The molecule has 4 heteroatoms. The summed E-state index contributed by atoms with van der Waals surface area (Å²) in [7, 11) is 0. The van der Waals surface area contributed by atoms with Crippen molar-refractivity contribution in [3.63, 3.8) is 0 Å². The van der Waals surface area contributed by atoms with Gasteiger partial charge in [-0.05, 0) is 38.0 Å². The fraction of sp³-hybridized carbons (Fsp3) is 0.600. The van der Waals surface area contributed by atoms with E-state index in [4.69, 9.17) is 9.47 Å². The molecule has 0 saturated carbocycles. The van der Waals surface area contributed by atoms with Crippen LogP contribution in [0, 0.1) is 17.3 Å². The molecule has 0 aromatic rings. The summed E-state index contributed by atoms with van der Waals surface area (Å²) in [5, 5.41) is 0. The Hall–Kier alpha value is -1.52. The van der Waals surface area contributed by atoms with Crippen molar-refractivity contribution < 1.29 is 19.1 Å². The summed E-state index contributed by atoms with van der Waals surface area (Å²) in [5.74, 6) is 0.300. The molecule has 126 valence electrons. The Labute approximate surface area is 141 Å². The van der Waals surface area contributed by atoms with Crippen LogP contribution in [0.25, 0.3) is 0 Å². The third-order valence-electron chi connectivity index (χ3n) is 7.06. The third kappa shape index (κ3) is 1.40. The number of carbonyl (C=O) groups excluding carboxylic acids is 2. The lowest BCUT2D eigenvalue weighted by Gasteiger charge is -2.51. The van der Waals surface area contributed by atoms with Gasteiger partial charge in [0.05, 0.1) is 12.2 Å². The third-order valence-corrected chi connectivity index (χ3v) is 7.06. The van der Waals surface area contributed by atoms with Gasteiger partial charge in [-0.2, -0.15) is 0 Å². The van der Waals surface area contributed by atoms with Crippen LogP contribution in [0.5, 0.6) is 0 Å². The Balaban J connectivity index is 1.75. The molecular weight excluding hydrogens is 304 g/mol. The minimum Gasteiger partial charge on any atom is -0.359 e. The van der Waals surface area contributed by atoms with Crippen molar-refractivity contribution in [3.05, 3.63) is 35.5 Å². The molecular formula is C20H22O4. The first-order valence-corrected chi connectivity index (χ1v) is 8.74. The summed E-state index contributed by atoms with van der Waals surface area (Å²) >= 11 is 0. The highest BCUT2D eigenvalue weighted by Gasteiger charge is 2.67. The Kier molecular flexibility index (Phi) is 2.46. The minimum atomic E-state index is -0.883. The summed E-state index contributed by atoms with van der Waals surface area (Å²) in [6, 6.07) is 0. The molecule has 0 radical (unpaired) electrons. The van der Waals surface area contributed by atoms with Crippen LogP contribution >= 0.6 is 0 Å². The fourth-order valence-corrected chi connectivity index (χ4v) is 5.73. The van der Waals surface area contributed by atoms with Crippen LogP contribution in [-0.4, -0.2) is 35.0 Å². The molecule has 4 bridgehead atoms. The first kappa shape index (κ1) is 14.8. The zero-order chi connectivity index (χ0) is 17.1. The first-order valence-electron chi connectivity index (χ1n) is 8.74. The van der Waals surface area contributed by atoms with Gasteiger partial charge in [0.2, 0.25) is 0 Å². The molecule has 0 spiro atoms. The molecule has 0 aromatic heterocycles. The number of hydrogen-bond acceptors (Lipinski definition) is 4. The van der Waals surface area contributed by atoms with Crippen molar-refractivity contribution in [2.24, 2.45) is 17.3 Å². The quantitative estimate of drug-likeness (QED) is 0.642. The van der Waals surface area contributed by atoms with E-state index in [1.54, 1.807) is 12.2 Å². The van der Waals surface area contributed by atoms with Crippen molar-refractivity contribution in [3.8, 4) is 0 Å². The Bertz CT molecular complexity index is 785. The molecule has 4 aliphatic heterocycles. The average molecular weight is 326 g/mol. The van der Waals surface area contributed by atoms with Crippen molar-refractivity contribution in [1.29, 1.82) is 0 Å². The molecule has 0 amide bonds. The van der Waals surface area contributed by atoms with Gasteiger partial charge in [0.1, 0.15) is 11.2 Å². The van der Waals surface area contributed by atoms with E-state index in [9.17, 15) is 9.59 Å². The summed E-state index contributed by atoms with van der Waals surface area (Å²) in [6.45, 7) is 8.15. The van der Waals surface area contributed by atoms with Gasteiger partial charge in [0, 0.05) is 17.3 Å². The molecule has 1 fully saturated rings. The molecule has 0 N–H and O–H groups in total. The van der Waals surface area contributed by atoms with Gasteiger partial charge in [-0.1, -0.05) is 31.6 Å². The van der Waals surface area contributed by atoms with Crippen LogP contribution in [0.15, 0.2) is 35.5 Å². The molecule has 5 rings (SSSR count). The molecule has 6 atom stereocenters. The molecule has 5 aliphatic rings.